The first-order valence-corrected chi connectivity index (χ1v) is 10.2. The second-order valence-electron chi connectivity index (χ2n) is 6.09. The van der Waals surface area contributed by atoms with Gasteiger partial charge in [-0.3, -0.25) is 10.1 Å². The minimum Gasteiger partial charge on any atom is -0.323 e. The lowest BCUT2D eigenvalue weighted by atomic mass is 9.89. The van der Waals surface area contributed by atoms with Gasteiger partial charge in [0.25, 0.3) is 5.91 Å². The molecule has 1 amide bonds. The number of rotatable bonds is 2. The fourth-order valence-electron chi connectivity index (χ4n) is 2.90. The van der Waals surface area contributed by atoms with Gasteiger partial charge in [0.2, 0.25) is 0 Å². The summed E-state index contributed by atoms with van der Waals surface area (Å²) in [6.07, 6.45) is 3.03. The zero-order valence-electron chi connectivity index (χ0n) is 13.6. The van der Waals surface area contributed by atoms with Crippen LogP contribution in [-0.4, -0.2) is 11.0 Å². The molecule has 1 atom stereocenters. The summed E-state index contributed by atoms with van der Waals surface area (Å²) in [5, 5.41) is 16.2. The Morgan fingerprint density at radius 2 is 2.28 bits per heavy atom. The Bertz CT molecular complexity index is 885. The summed E-state index contributed by atoms with van der Waals surface area (Å²) in [6.45, 7) is 2.23. The molecule has 0 radical (unpaired) electrons. The van der Waals surface area contributed by atoms with Gasteiger partial charge < -0.3 is 5.32 Å². The van der Waals surface area contributed by atoms with Crippen molar-refractivity contribution in [3.63, 3.8) is 0 Å². The van der Waals surface area contributed by atoms with Gasteiger partial charge in [0, 0.05) is 14.0 Å². The van der Waals surface area contributed by atoms with Gasteiger partial charge in [-0.25, -0.2) is 0 Å². The summed E-state index contributed by atoms with van der Waals surface area (Å²) in [7, 11) is 0. The number of carbonyl (C=O) groups excluding carboxylic acids is 1. The molecule has 0 aliphatic heterocycles. The molecule has 1 aromatic heterocycles. The molecular formula is C18H16IN3OS2. The number of nitrogens with one attached hydrogen (secondary N) is 2. The zero-order chi connectivity index (χ0) is 18.0. The quantitative estimate of drug-likeness (QED) is 0.491. The fourth-order valence-corrected chi connectivity index (χ4v) is 5.06. The van der Waals surface area contributed by atoms with Crippen LogP contribution in [0.1, 0.15) is 39.7 Å². The third-order valence-corrected chi connectivity index (χ3v) is 6.21. The average Bonchev–Trinajstić information content (AvgIpc) is 2.90. The second-order valence-corrected chi connectivity index (χ2v) is 8.85. The fraction of sp³-hybridized carbons (Fsp3) is 0.278. The Morgan fingerprint density at radius 3 is 3.00 bits per heavy atom. The van der Waals surface area contributed by atoms with Crippen LogP contribution in [0.15, 0.2) is 24.3 Å². The highest BCUT2D eigenvalue weighted by Gasteiger charge is 2.24. The van der Waals surface area contributed by atoms with E-state index in [1.165, 1.54) is 4.88 Å². The average molecular weight is 481 g/mol. The van der Waals surface area contributed by atoms with E-state index in [0.29, 0.717) is 17.0 Å². The van der Waals surface area contributed by atoms with Crippen LogP contribution in [0.4, 0.5) is 5.00 Å². The van der Waals surface area contributed by atoms with Gasteiger partial charge >= 0.3 is 0 Å². The minimum absolute atomic E-state index is 0.215. The van der Waals surface area contributed by atoms with Crippen molar-refractivity contribution in [3.05, 3.63) is 49.4 Å². The van der Waals surface area contributed by atoms with Gasteiger partial charge in [-0.1, -0.05) is 13.0 Å². The lowest BCUT2D eigenvalue weighted by molar-refractivity contribution is 0.0977. The topological polar surface area (TPSA) is 64.9 Å². The maximum absolute atomic E-state index is 12.3. The number of hydrogen-bond donors (Lipinski definition) is 2. The van der Waals surface area contributed by atoms with Crippen LogP contribution >= 0.6 is 46.1 Å². The zero-order valence-corrected chi connectivity index (χ0v) is 17.3. The van der Waals surface area contributed by atoms with Crippen LogP contribution in [0.2, 0.25) is 0 Å². The van der Waals surface area contributed by atoms with Gasteiger partial charge in [-0.2, -0.15) is 5.26 Å². The van der Waals surface area contributed by atoms with E-state index in [1.54, 1.807) is 23.5 Å². The van der Waals surface area contributed by atoms with E-state index in [4.69, 9.17) is 12.2 Å². The van der Waals surface area contributed by atoms with Crippen molar-refractivity contribution >= 4 is 62.2 Å². The van der Waals surface area contributed by atoms with Crippen LogP contribution in [0.3, 0.4) is 0 Å². The summed E-state index contributed by atoms with van der Waals surface area (Å²) in [4.78, 5) is 13.5. The van der Waals surface area contributed by atoms with Crippen LogP contribution in [0.5, 0.6) is 0 Å². The van der Waals surface area contributed by atoms with E-state index in [0.717, 1.165) is 33.4 Å². The minimum atomic E-state index is -0.260. The Morgan fingerprint density at radius 1 is 1.48 bits per heavy atom. The molecule has 1 aliphatic rings. The monoisotopic (exact) mass is 481 g/mol. The Labute approximate surface area is 169 Å². The first kappa shape index (κ1) is 18.3. The number of fused-ring (bicyclic) bond motifs is 1. The largest absolute Gasteiger partial charge is 0.323 e. The summed E-state index contributed by atoms with van der Waals surface area (Å²) in [5.74, 6) is 0.377. The lowest BCUT2D eigenvalue weighted by Crippen LogP contribution is -2.34. The highest BCUT2D eigenvalue weighted by atomic mass is 127. The van der Waals surface area contributed by atoms with Gasteiger partial charge in [-0.05, 0) is 83.8 Å². The van der Waals surface area contributed by atoms with E-state index in [2.05, 4.69) is 46.2 Å². The van der Waals surface area contributed by atoms with Crippen LogP contribution in [0, 0.1) is 20.8 Å². The molecule has 2 N–H and O–H groups in total. The number of anilines is 1. The molecule has 128 valence electrons. The van der Waals surface area contributed by atoms with E-state index >= 15 is 0 Å². The van der Waals surface area contributed by atoms with Gasteiger partial charge in [0.05, 0.1) is 5.56 Å². The Balaban J connectivity index is 1.73. The van der Waals surface area contributed by atoms with Crippen molar-refractivity contribution in [1.82, 2.24) is 5.32 Å². The summed E-state index contributed by atoms with van der Waals surface area (Å²) in [6, 6.07) is 9.58. The molecule has 1 heterocycles. The van der Waals surface area contributed by atoms with E-state index in [1.807, 2.05) is 12.1 Å². The number of amides is 1. The van der Waals surface area contributed by atoms with Crippen molar-refractivity contribution in [2.75, 3.05) is 5.32 Å². The van der Waals surface area contributed by atoms with Crippen LogP contribution < -0.4 is 10.6 Å². The number of thiophene rings is 1. The molecular weight excluding hydrogens is 465 g/mol. The number of thiocarbonyl (C=S) groups is 1. The molecule has 1 aliphatic carbocycles. The maximum atomic E-state index is 12.3. The van der Waals surface area contributed by atoms with Crippen molar-refractivity contribution in [2.24, 2.45) is 5.92 Å². The molecule has 0 fully saturated rings. The molecule has 0 bridgehead atoms. The molecule has 3 rings (SSSR count). The predicted molar refractivity (Wildman–Crippen MR) is 113 cm³/mol. The van der Waals surface area contributed by atoms with Crippen molar-refractivity contribution in [3.8, 4) is 6.07 Å². The smallest absolute Gasteiger partial charge is 0.257 e. The number of halogens is 1. The highest BCUT2D eigenvalue weighted by molar-refractivity contribution is 14.1. The molecule has 1 aromatic carbocycles. The summed E-state index contributed by atoms with van der Waals surface area (Å²) >= 11 is 9.00. The molecule has 0 saturated carbocycles. The first-order chi connectivity index (χ1) is 12.0. The van der Waals surface area contributed by atoms with Gasteiger partial charge in [-0.15, -0.1) is 11.3 Å². The molecule has 0 unspecified atom stereocenters. The summed E-state index contributed by atoms with van der Waals surface area (Å²) in [5.41, 5.74) is 2.36. The van der Waals surface area contributed by atoms with E-state index in [-0.39, 0.29) is 11.0 Å². The number of nitriles is 1. The predicted octanol–water partition coefficient (Wildman–Crippen LogP) is 4.48. The lowest BCUT2D eigenvalue weighted by Gasteiger charge is -2.17. The molecule has 0 saturated heterocycles. The second kappa shape index (κ2) is 7.81. The third-order valence-electron chi connectivity index (χ3n) is 4.16. The standard InChI is InChI=1S/C18H16IN3OS2/c1-10-5-6-13-14(9-20)17(25-15(13)7-10)22-18(24)21-16(23)11-3-2-4-12(19)8-11/h2-4,8,10H,5-7H2,1H3,(H2,21,22,23,24)/t10-/m0/s1. The summed E-state index contributed by atoms with van der Waals surface area (Å²) < 4.78 is 0.982. The number of benzene rings is 1. The van der Waals surface area contributed by atoms with E-state index < -0.39 is 0 Å². The highest BCUT2D eigenvalue weighted by Crippen LogP contribution is 2.39. The third kappa shape index (κ3) is 4.19. The Hall–Kier alpha value is -1.50. The molecule has 7 heteroatoms. The molecule has 4 nitrogen and oxygen atoms in total. The molecule has 25 heavy (non-hydrogen) atoms. The Kier molecular flexibility index (Phi) is 5.71. The molecule has 0 spiro atoms. The number of carbonyl (C=O) groups is 1. The molecule has 2 aromatic rings. The first-order valence-electron chi connectivity index (χ1n) is 7.90. The normalized spacial score (nSPS) is 15.8. The van der Waals surface area contributed by atoms with Crippen molar-refractivity contribution in [2.45, 2.75) is 26.2 Å². The van der Waals surface area contributed by atoms with E-state index in [9.17, 15) is 10.1 Å². The van der Waals surface area contributed by atoms with Gasteiger partial charge in [0.1, 0.15) is 11.1 Å². The number of hydrogen-bond acceptors (Lipinski definition) is 4. The number of nitrogens with zero attached hydrogens (tertiary/aromatic N) is 1. The van der Waals surface area contributed by atoms with Crippen LogP contribution in [0.25, 0.3) is 0 Å². The van der Waals surface area contributed by atoms with Gasteiger partial charge in [0.15, 0.2) is 5.11 Å². The van der Waals surface area contributed by atoms with Crippen LogP contribution in [-0.2, 0) is 12.8 Å². The SMILES string of the molecule is C[C@H]1CCc2c(sc(NC(=S)NC(=O)c3cccc(I)c3)c2C#N)C1. The maximum Gasteiger partial charge on any atom is 0.257 e. The van der Waals surface area contributed by atoms with Crippen molar-refractivity contribution in [1.29, 1.82) is 5.26 Å². The van der Waals surface area contributed by atoms with Crippen molar-refractivity contribution < 1.29 is 4.79 Å².